The first-order valence-corrected chi connectivity index (χ1v) is 4.69. The second kappa shape index (κ2) is 3.27. The number of nitrogens with zero attached hydrogens (tertiary/aromatic N) is 1. The van der Waals surface area contributed by atoms with Crippen LogP contribution < -0.4 is 5.19 Å². The fraction of sp³-hybridized carbons (Fsp3) is 0. The average molecular weight is 169 g/mol. The molecule has 5 heteroatoms. The van der Waals surface area contributed by atoms with Crippen LogP contribution in [-0.4, -0.2) is 18.6 Å². The Labute approximate surface area is 65.1 Å². The molecular formula is C6H7NO3Si. The van der Waals surface area contributed by atoms with Crippen LogP contribution >= 0.6 is 0 Å². The summed E-state index contributed by atoms with van der Waals surface area (Å²) in [6.45, 7) is 0. The lowest BCUT2D eigenvalue weighted by atomic mass is 10.4. The Morgan fingerprint density at radius 2 is 1.91 bits per heavy atom. The fourth-order valence-corrected chi connectivity index (χ4v) is 1.56. The molecule has 0 aliphatic carbocycles. The monoisotopic (exact) mass is 169 g/mol. The van der Waals surface area contributed by atoms with E-state index in [1.54, 1.807) is 30.3 Å². The Morgan fingerprint density at radius 3 is 2.36 bits per heavy atom. The molecule has 1 aromatic rings. The Hall–Kier alpha value is -1.20. The van der Waals surface area contributed by atoms with E-state index in [1.165, 1.54) is 0 Å². The van der Waals surface area contributed by atoms with E-state index in [-0.39, 0.29) is 0 Å². The summed E-state index contributed by atoms with van der Waals surface area (Å²) in [5, 5.41) is 10.6. The van der Waals surface area contributed by atoms with Crippen LogP contribution in [-0.2, 0) is 0 Å². The lowest BCUT2D eigenvalue weighted by Crippen LogP contribution is -2.38. The number of rotatable bonds is 2. The van der Waals surface area contributed by atoms with Crippen molar-refractivity contribution in [2.24, 2.45) is 0 Å². The van der Waals surface area contributed by atoms with Crippen molar-refractivity contribution in [3.63, 3.8) is 0 Å². The predicted molar refractivity (Wildman–Crippen MR) is 42.4 cm³/mol. The van der Waals surface area contributed by atoms with Crippen molar-refractivity contribution in [1.82, 2.24) is 0 Å². The molecule has 0 aliphatic heterocycles. The summed E-state index contributed by atoms with van der Waals surface area (Å²) in [5.74, 6) is 0. The molecule has 0 bridgehead atoms. The van der Waals surface area contributed by atoms with Crippen LogP contribution in [0.1, 0.15) is 0 Å². The zero-order valence-electron chi connectivity index (χ0n) is 5.68. The molecule has 0 saturated heterocycles. The number of nitro groups is 1. The van der Waals surface area contributed by atoms with Gasteiger partial charge in [0.25, 0.3) is 0 Å². The highest BCUT2D eigenvalue weighted by molar-refractivity contribution is 6.58. The zero-order valence-corrected chi connectivity index (χ0v) is 6.83. The van der Waals surface area contributed by atoms with Gasteiger partial charge in [0.05, 0.1) is 0 Å². The van der Waals surface area contributed by atoms with E-state index in [0.717, 1.165) is 0 Å². The van der Waals surface area contributed by atoms with Crippen LogP contribution in [0.15, 0.2) is 30.3 Å². The third-order valence-electron chi connectivity index (χ3n) is 1.30. The van der Waals surface area contributed by atoms with Gasteiger partial charge in [0, 0.05) is 5.19 Å². The summed E-state index contributed by atoms with van der Waals surface area (Å²) in [5.41, 5.74) is 0. The van der Waals surface area contributed by atoms with Gasteiger partial charge >= 0.3 is 9.20 Å². The Morgan fingerprint density at radius 1 is 1.36 bits per heavy atom. The minimum atomic E-state index is -2.91. The van der Waals surface area contributed by atoms with Gasteiger partial charge in [-0.15, -0.1) is 0 Å². The molecule has 0 radical (unpaired) electrons. The molecule has 0 heterocycles. The van der Waals surface area contributed by atoms with E-state index in [4.69, 9.17) is 4.80 Å². The summed E-state index contributed by atoms with van der Waals surface area (Å²) in [4.78, 5) is 19.2. The molecule has 1 unspecified atom stereocenters. The van der Waals surface area contributed by atoms with Gasteiger partial charge in [-0.1, -0.05) is 30.3 Å². The molecule has 1 atom stereocenters. The summed E-state index contributed by atoms with van der Waals surface area (Å²) >= 11 is 0. The molecule has 58 valence electrons. The number of hydrogen-bond acceptors (Lipinski definition) is 3. The van der Waals surface area contributed by atoms with Crippen LogP contribution in [0, 0.1) is 10.1 Å². The fourth-order valence-electron chi connectivity index (χ4n) is 0.747. The van der Waals surface area contributed by atoms with Crippen molar-refractivity contribution in [3.8, 4) is 0 Å². The molecule has 0 aromatic heterocycles. The largest absolute Gasteiger partial charge is 0.590 e. The quantitative estimate of drug-likeness (QED) is 0.364. The first kappa shape index (κ1) is 7.90. The van der Waals surface area contributed by atoms with Crippen molar-refractivity contribution in [1.29, 1.82) is 0 Å². The van der Waals surface area contributed by atoms with E-state index in [0.29, 0.717) is 5.19 Å². The summed E-state index contributed by atoms with van der Waals surface area (Å²) < 4.78 is -0.602. The van der Waals surface area contributed by atoms with Gasteiger partial charge in [0.2, 0.25) is 0 Å². The molecule has 0 saturated carbocycles. The standard InChI is InChI=1S/C6H7NO3Si/c8-7(9)11(10)6-4-2-1-3-5-6/h1-5,10-11H. The molecule has 1 aromatic carbocycles. The number of hydrogen-bond donors (Lipinski definition) is 1. The van der Waals surface area contributed by atoms with Crippen molar-refractivity contribution in [2.75, 3.05) is 0 Å². The van der Waals surface area contributed by atoms with Crippen molar-refractivity contribution < 1.29 is 9.38 Å². The highest BCUT2D eigenvalue weighted by atomic mass is 28.3. The van der Waals surface area contributed by atoms with Crippen molar-refractivity contribution in [3.05, 3.63) is 40.4 Å². The molecule has 11 heavy (non-hydrogen) atoms. The predicted octanol–water partition coefficient (Wildman–Crippen LogP) is -0.617. The smallest absolute Gasteiger partial charge is 0.376 e. The molecular weight excluding hydrogens is 162 g/mol. The zero-order chi connectivity index (χ0) is 8.27. The van der Waals surface area contributed by atoms with Gasteiger partial charge < -0.3 is 4.80 Å². The maximum absolute atomic E-state index is 10.1. The maximum Gasteiger partial charge on any atom is 0.590 e. The summed E-state index contributed by atoms with van der Waals surface area (Å²) in [6.07, 6.45) is 0. The SMILES string of the molecule is O=[N+]([O-])[SiH](O)c1ccccc1. The maximum atomic E-state index is 10.1. The van der Waals surface area contributed by atoms with Gasteiger partial charge in [-0.05, 0) is 4.59 Å². The number of benzene rings is 1. The van der Waals surface area contributed by atoms with Gasteiger partial charge in [-0.25, -0.2) is 0 Å². The third kappa shape index (κ3) is 1.86. The van der Waals surface area contributed by atoms with Gasteiger partial charge in [0.1, 0.15) is 0 Å². The van der Waals surface area contributed by atoms with E-state index >= 15 is 0 Å². The minimum Gasteiger partial charge on any atom is -0.376 e. The summed E-state index contributed by atoms with van der Waals surface area (Å²) in [7, 11) is -2.91. The van der Waals surface area contributed by atoms with Gasteiger partial charge in [0.15, 0.2) is 0 Å². The van der Waals surface area contributed by atoms with Crippen LogP contribution in [0.3, 0.4) is 0 Å². The second-order valence-corrected chi connectivity index (χ2v) is 3.91. The normalized spacial score (nSPS) is 12.5. The lowest BCUT2D eigenvalue weighted by molar-refractivity contribution is -0.344. The first-order chi connectivity index (χ1) is 5.22. The molecule has 1 rings (SSSR count). The molecule has 4 nitrogen and oxygen atoms in total. The topological polar surface area (TPSA) is 63.4 Å². The van der Waals surface area contributed by atoms with Crippen molar-refractivity contribution in [2.45, 2.75) is 0 Å². The van der Waals surface area contributed by atoms with Crippen LogP contribution in [0.4, 0.5) is 0 Å². The molecule has 1 N–H and O–H groups in total. The van der Waals surface area contributed by atoms with E-state index in [1.807, 2.05) is 0 Å². The molecule has 0 amide bonds. The van der Waals surface area contributed by atoms with E-state index in [9.17, 15) is 10.1 Å². The van der Waals surface area contributed by atoms with Gasteiger partial charge in [-0.2, -0.15) is 0 Å². The third-order valence-corrected chi connectivity index (χ3v) is 2.68. The average Bonchev–Trinajstić information content (AvgIpc) is 2.05. The lowest BCUT2D eigenvalue weighted by Gasteiger charge is -1.97. The Bertz CT molecular complexity index is 251. The summed E-state index contributed by atoms with van der Waals surface area (Å²) in [6, 6.07) is 8.24. The Kier molecular flexibility index (Phi) is 2.34. The molecule has 0 spiro atoms. The van der Waals surface area contributed by atoms with Crippen LogP contribution in [0.5, 0.6) is 0 Å². The van der Waals surface area contributed by atoms with Gasteiger partial charge in [-0.3, -0.25) is 10.1 Å². The highest BCUT2D eigenvalue weighted by Gasteiger charge is 2.24. The highest BCUT2D eigenvalue weighted by Crippen LogP contribution is 1.85. The van der Waals surface area contributed by atoms with Crippen LogP contribution in [0.25, 0.3) is 0 Å². The van der Waals surface area contributed by atoms with E-state index < -0.39 is 13.8 Å². The minimum absolute atomic E-state index is 0.442. The van der Waals surface area contributed by atoms with Crippen molar-refractivity contribution >= 4 is 14.4 Å². The molecule has 0 aliphatic rings. The van der Waals surface area contributed by atoms with E-state index in [2.05, 4.69) is 0 Å². The first-order valence-electron chi connectivity index (χ1n) is 3.08. The molecule has 0 fully saturated rings. The second-order valence-electron chi connectivity index (χ2n) is 2.07. The Balaban J connectivity index is 2.85. The van der Waals surface area contributed by atoms with Crippen LogP contribution in [0.2, 0.25) is 0 Å².